The maximum absolute atomic E-state index is 12.5. The second-order valence-electron chi connectivity index (χ2n) is 5.23. The van der Waals surface area contributed by atoms with Crippen molar-refractivity contribution in [3.63, 3.8) is 0 Å². The molecule has 0 unspecified atom stereocenters. The summed E-state index contributed by atoms with van der Waals surface area (Å²) >= 11 is 11.9. The van der Waals surface area contributed by atoms with E-state index in [1.165, 1.54) is 0 Å². The summed E-state index contributed by atoms with van der Waals surface area (Å²) in [5, 5.41) is 0.866. The van der Waals surface area contributed by atoms with Gasteiger partial charge in [0, 0.05) is 44.1 Å². The number of hydrogen-bond acceptors (Lipinski definition) is 3. The van der Waals surface area contributed by atoms with Gasteiger partial charge in [0.1, 0.15) is 5.82 Å². The van der Waals surface area contributed by atoms with Gasteiger partial charge in [-0.05, 0) is 18.2 Å². The number of halogens is 2. The number of nitrogens with one attached hydrogen (secondary N) is 1. The first-order valence-corrected chi connectivity index (χ1v) is 7.84. The minimum absolute atomic E-state index is 0.00350. The minimum atomic E-state index is -0.00350. The van der Waals surface area contributed by atoms with E-state index in [0.717, 1.165) is 25.5 Å². The van der Waals surface area contributed by atoms with E-state index in [2.05, 4.69) is 14.9 Å². The van der Waals surface area contributed by atoms with Crippen molar-refractivity contribution in [2.24, 2.45) is 0 Å². The standard InChI is InChI=1S/C15H16Cl2N4O/c16-12-2-1-11(9-13(12)17)15(22)21-7-5-20(6-8-21)10-14-18-3-4-19-14/h1-4,9H,5-8,10H2,(H,18,19). The fourth-order valence-corrected chi connectivity index (χ4v) is 2.82. The Labute approximate surface area is 138 Å². The van der Waals surface area contributed by atoms with Gasteiger partial charge in [-0.25, -0.2) is 4.98 Å². The molecule has 22 heavy (non-hydrogen) atoms. The predicted molar refractivity (Wildman–Crippen MR) is 86.2 cm³/mol. The molecule has 5 nitrogen and oxygen atoms in total. The molecular weight excluding hydrogens is 323 g/mol. The third-order valence-corrected chi connectivity index (χ3v) is 4.49. The topological polar surface area (TPSA) is 52.2 Å². The fraction of sp³-hybridized carbons (Fsp3) is 0.333. The third kappa shape index (κ3) is 3.43. The van der Waals surface area contributed by atoms with Crippen LogP contribution in [0.4, 0.5) is 0 Å². The van der Waals surface area contributed by atoms with Gasteiger partial charge in [0.25, 0.3) is 5.91 Å². The van der Waals surface area contributed by atoms with Gasteiger partial charge in [-0.3, -0.25) is 9.69 Å². The monoisotopic (exact) mass is 338 g/mol. The number of piperazine rings is 1. The lowest BCUT2D eigenvalue weighted by molar-refractivity contribution is 0.0626. The van der Waals surface area contributed by atoms with Crippen LogP contribution < -0.4 is 0 Å². The highest BCUT2D eigenvalue weighted by molar-refractivity contribution is 6.42. The Hall–Kier alpha value is -1.56. The van der Waals surface area contributed by atoms with Crippen molar-refractivity contribution in [1.29, 1.82) is 0 Å². The third-order valence-electron chi connectivity index (χ3n) is 3.75. The van der Waals surface area contributed by atoms with Gasteiger partial charge in [0.2, 0.25) is 0 Å². The summed E-state index contributed by atoms with van der Waals surface area (Å²) in [4.78, 5) is 23.9. The van der Waals surface area contributed by atoms with Crippen molar-refractivity contribution in [2.75, 3.05) is 26.2 Å². The molecule has 116 valence electrons. The number of benzene rings is 1. The van der Waals surface area contributed by atoms with Gasteiger partial charge in [0.15, 0.2) is 0 Å². The summed E-state index contributed by atoms with van der Waals surface area (Å²) in [5.74, 6) is 0.945. The predicted octanol–water partition coefficient (Wildman–Crippen LogP) is 2.67. The molecule has 1 saturated heterocycles. The summed E-state index contributed by atoms with van der Waals surface area (Å²) in [6.07, 6.45) is 3.57. The first-order valence-electron chi connectivity index (χ1n) is 7.08. The van der Waals surface area contributed by atoms with Gasteiger partial charge in [-0.1, -0.05) is 23.2 Å². The van der Waals surface area contributed by atoms with Crippen molar-refractivity contribution in [2.45, 2.75) is 6.54 Å². The van der Waals surface area contributed by atoms with E-state index in [-0.39, 0.29) is 5.91 Å². The molecule has 2 aromatic rings. The molecule has 1 aliphatic rings. The molecule has 0 bridgehead atoms. The van der Waals surface area contributed by atoms with Crippen molar-refractivity contribution in [1.82, 2.24) is 19.8 Å². The Morgan fingerprint density at radius 1 is 1.18 bits per heavy atom. The molecule has 0 saturated carbocycles. The molecule has 0 radical (unpaired) electrons. The highest BCUT2D eigenvalue weighted by atomic mass is 35.5. The number of imidazole rings is 1. The zero-order chi connectivity index (χ0) is 15.5. The number of hydrogen-bond donors (Lipinski definition) is 1. The second-order valence-corrected chi connectivity index (χ2v) is 6.05. The number of amides is 1. The first kappa shape index (κ1) is 15.3. The van der Waals surface area contributed by atoms with Crippen LogP contribution in [0.25, 0.3) is 0 Å². The smallest absolute Gasteiger partial charge is 0.253 e. The van der Waals surface area contributed by atoms with Crippen LogP contribution in [0.1, 0.15) is 16.2 Å². The molecule has 1 aromatic carbocycles. The highest BCUT2D eigenvalue weighted by Gasteiger charge is 2.22. The number of rotatable bonds is 3. The van der Waals surface area contributed by atoms with Gasteiger partial charge < -0.3 is 9.88 Å². The number of carbonyl (C=O) groups excluding carboxylic acids is 1. The summed E-state index contributed by atoms with van der Waals surface area (Å²) in [5.41, 5.74) is 0.578. The molecule has 2 heterocycles. The number of carbonyl (C=O) groups is 1. The number of H-pyrrole nitrogens is 1. The first-order chi connectivity index (χ1) is 10.6. The summed E-state index contributed by atoms with van der Waals surface area (Å²) in [6, 6.07) is 5.00. The van der Waals surface area contributed by atoms with Crippen LogP contribution in [0, 0.1) is 0 Å². The van der Waals surface area contributed by atoms with E-state index in [1.807, 2.05) is 11.1 Å². The second kappa shape index (κ2) is 6.69. The molecule has 1 aromatic heterocycles. The molecule has 1 aliphatic heterocycles. The molecule has 0 spiro atoms. The van der Waals surface area contributed by atoms with Crippen molar-refractivity contribution >= 4 is 29.1 Å². The summed E-state index contributed by atoms with van der Waals surface area (Å²) in [6.45, 7) is 3.82. The lowest BCUT2D eigenvalue weighted by Gasteiger charge is -2.34. The van der Waals surface area contributed by atoms with E-state index < -0.39 is 0 Å². The van der Waals surface area contributed by atoms with Gasteiger partial charge in [0.05, 0.1) is 16.6 Å². The lowest BCUT2D eigenvalue weighted by Crippen LogP contribution is -2.48. The average molecular weight is 339 g/mol. The molecule has 1 fully saturated rings. The number of aromatic nitrogens is 2. The number of nitrogens with zero attached hydrogens (tertiary/aromatic N) is 3. The van der Waals surface area contributed by atoms with Crippen molar-refractivity contribution in [3.8, 4) is 0 Å². The Morgan fingerprint density at radius 3 is 2.59 bits per heavy atom. The van der Waals surface area contributed by atoms with E-state index in [9.17, 15) is 4.79 Å². The van der Waals surface area contributed by atoms with Gasteiger partial charge >= 0.3 is 0 Å². The molecule has 7 heteroatoms. The molecular formula is C15H16Cl2N4O. The lowest BCUT2D eigenvalue weighted by atomic mass is 10.2. The molecule has 1 amide bonds. The summed E-state index contributed by atoms with van der Waals surface area (Å²) < 4.78 is 0. The van der Waals surface area contributed by atoms with E-state index >= 15 is 0 Å². The van der Waals surface area contributed by atoms with Crippen LogP contribution in [-0.4, -0.2) is 51.9 Å². The Bertz CT molecular complexity index is 652. The largest absolute Gasteiger partial charge is 0.348 e. The zero-order valence-corrected chi connectivity index (χ0v) is 13.4. The van der Waals surface area contributed by atoms with Crippen LogP contribution in [-0.2, 0) is 6.54 Å². The fourth-order valence-electron chi connectivity index (χ4n) is 2.52. The average Bonchev–Trinajstić information content (AvgIpc) is 3.03. The molecule has 0 aliphatic carbocycles. The minimum Gasteiger partial charge on any atom is -0.348 e. The maximum Gasteiger partial charge on any atom is 0.253 e. The number of aromatic amines is 1. The maximum atomic E-state index is 12.5. The normalized spacial score (nSPS) is 16.0. The Balaban J connectivity index is 1.58. The van der Waals surface area contributed by atoms with Crippen molar-refractivity contribution < 1.29 is 4.79 Å². The molecule has 3 rings (SSSR count). The van der Waals surface area contributed by atoms with Crippen LogP contribution in [0.5, 0.6) is 0 Å². The van der Waals surface area contributed by atoms with Crippen LogP contribution >= 0.6 is 23.2 Å². The SMILES string of the molecule is O=C(c1ccc(Cl)c(Cl)c1)N1CCN(Cc2ncc[nH]2)CC1. The zero-order valence-electron chi connectivity index (χ0n) is 11.9. The van der Waals surface area contributed by atoms with E-state index in [0.29, 0.717) is 28.7 Å². The van der Waals surface area contributed by atoms with Gasteiger partial charge in [-0.15, -0.1) is 0 Å². The quantitative estimate of drug-likeness (QED) is 0.935. The Morgan fingerprint density at radius 2 is 1.95 bits per heavy atom. The highest BCUT2D eigenvalue weighted by Crippen LogP contribution is 2.23. The molecule has 0 atom stereocenters. The van der Waals surface area contributed by atoms with Crippen molar-refractivity contribution in [3.05, 3.63) is 52.0 Å². The van der Waals surface area contributed by atoms with Crippen LogP contribution in [0.3, 0.4) is 0 Å². The van der Waals surface area contributed by atoms with Gasteiger partial charge in [-0.2, -0.15) is 0 Å². The van der Waals surface area contributed by atoms with Crippen LogP contribution in [0.15, 0.2) is 30.6 Å². The van der Waals surface area contributed by atoms with E-state index in [4.69, 9.17) is 23.2 Å². The van der Waals surface area contributed by atoms with E-state index in [1.54, 1.807) is 24.4 Å². The van der Waals surface area contributed by atoms with Crippen LogP contribution in [0.2, 0.25) is 10.0 Å². The Kier molecular flexibility index (Phi) is 4.66. The molecule has 1 N–H and O–H groups in total. The summed E-state index contributed by atoms with van der Waals surface area (Å²) in [7, 11) is 0.